The summed E-state index contributed by atoms with van der Waals surface area (Å²) in [6.07, 6.45) is 5.82. The van der Waals surface area contributed by atoms with E-state index < -0.39 is 8.32 Å². The fourth-order valence-corrected chi connectivity index (χ4v) is 11.0. The van der Waals surface area contributed by atoms with Crippen molar-refractivity contribution in [1.29, 1.82) is 0 Å². The SMILES string of the molecule is CC(C)(C[C@@H]1CC[C@@H](Nc2nc(-n3cnc4ccc(F)cc43)ncc2N)c2ccccc21)[Si](O)(c1ccccc1)c1ccccc1. The van der Waals surface area contributed by atoms with Crippen LogP contribution in [0.4, 0.5) is 15.9 Å². The van der Waals surface area contributed by atoms with Gasteiger partial charge >= 0.3 is 0 Å². The van der Waals surface area contributed by atoms with Crippen LogP contribution in [0.3, 0.4) is 0 Å². The first kappa shape index (κ1) is 29.8. The maximum absolute atomic E-state index is 14.0. The summed E-state index contributed by atoms with van der Waals surface area (Å²) in [5.41, 5.74) is 10.5. The standard InChI is InChI=1S/C37H37FN6OSi/c1-37(2,46(45,27-11-5-3-6-12-27)28-13-7-4-8-14-28)22-25-17-19-32(30-16-10-9-15-29(25)30)42-35-31(39)23-40-36(43-35)44-24-41-33-20-18-26(38)21-34(33)44/h3-16,18,20-21,23-25,32,45H,17,19,22,39H2,1-2H3,(H,40,42,43)/t25-,32+/m0/s1. The fourth-order valence-electron chi connectivity index (χ4n) is 7.23. The van der Waals surface area contributed by atoms with Gasteiger partial charge in [0.1, 0.15) is 12.1 Å². The molecule has 46 heavy (non-hydrogen) atoms. The summed E-state index contributed by atoms with van der Waals surface area (Å²) in [6, 6.07) is 33.4. The minimum Gasteiger partial charge on any atom is -0.424 e. The Hall–Kier alpha value is -4.86. The summed E-state index contributed by atoms with van der Waals surface area (Å²) in [7, 11) is -3.16. The zero-order valence-corrected chi connectivity index (χ0v) is 26.9. The van der Waals surface area contributed by atoms with Crippen LogP contribution in [0.2, 0.25) is 5.04 Å². The molecule has 0 fully saturated rings. The number of nitrogens with one attached hydrogen (secondary N) is 1. The van der Waals surface area contributed by atoms with Gasteiger partial charge in [0.2, 0.25) is 5.95 Å². The van der Waals surface area contributed by atoms with Crippen molar-refractivity contribution in [2.75, 3.05) is 11.1 Å². The fraction of sp³-hybridized carbons (Fsp3) is 0.216. The van der Waals surface area contributed by atoms with Gasteiger partial charge in [0.25, 0.3) is 8.32 Å². The predicted molar refractivity (Wildman–Crippen MR) is 185 cm³/mol. The molecule has 0 aliphatic heterocycles. The first-order valence-electron chi connectivity index (χ1n) is 15.7. The van der Waals surface area contributed by atoms with Gasteiger partial charge < -0.3 is 15.8 Å². The number of anilines is 2. The molecule has 0 radical (unpaired) electrons. The van der Waals surface area contributed by atoms with Crippen molar-refractivity contribution in [1.82, 2.24) is 19.5 Å². The molecule has 0 unspecified atom stereocenters. The second kappa shape index (κ2) is 11.8. The number of rotatable bonds is 8. The highest BCUT2D eigenvalue weighted by Gasteiger charge is 2.51. The average molecular weight is 629 g/mol. The summed E-state index contributed by atoms with van der Waals surface area (Å²) in [5, 5.41) is 5.29. The molecule has 7 nitrogen and oxygen atoms in total. The van der Waals surface area contributed by atoms with Crippen molar-refractivity contribution >= 4 is 41.2 Å². The molecule has 0 spiro atoms. The molecule has 9 heteroatoms. The van der Waals surface area contributed by atoms with Crippen molar-refractivity contribution in [2.45, 2.75) is 50.1 Å². The van der Waals surface area contributed by atoms with E-state index in [9.17, 15) is 9.19 Å². The Bertz CT molecular complexity index is 1960. The number of halogens is 1. The zero-order valence-electron chi connectivity index (χ0n) is 25.9. The Labute approximate surface area is 269 Å². The molecule has 0 amide bonds. The van der Waals surface area contributed by atoms with Crippen LogP contribution in [-0.4, -0.2) is 32.6 Å². The molecule has 2 atom stereocenters. The van der Waals surface area contributed by atoms with Crippen molar-refractivity contribution < 1.29 is 9.19 Å². The molecule has 2 aromatic heterocycles. The monoisotopic (exact) mass is 628 g/mol. The Morgan fingerprint density at radius 3 is 2.24 bits per heavy atom. The van der Waals surface area contributed by atoms with E-state index in [4.69, 9.17) is 10.7 Å². The van der Waals surface area contributed by atoms with E-state index in [1.807, 2.05) is 36.4 Å². The largest absolute Gasteiger partial charge is 0.424 e. The van der Waals surface area contributed by atoms with Crippen LogP contribution < -0.4 is 21.4 Å². The third-order valence-electron chi connectivity index (χ3n) is 9.57. The first-order chi connectivity index (χ1) is 22.2. The lowest BCUT2D eigenvalue weighted by Gasteiger charge is -2.44. The third kappa shape index (κ3) is 5.25. The van der Waals surface area contributed by atoms with Gasteiger partial charge in [0.15, 0.2) is 5.82 Å². The molecule has 4 N–H and O–H groups in total. The molecular formula is C37H37FN6OSi. The number of nitrogens with zero attached hydrogens (tertiary/aromatic N) is 4. The lowest BCUT2D eigenvalue weighted by atomic mass is 9.76. The van der Waals surface area contributed by atoms with Crippen LogP contribution in [0.25, 0.3) is 17.0 Å². The van der Waals surface area contributed by atoms with Crippen LogP contribution >= 0.6 is 0 Å². The number of hydrogen-bond acceptors (Lipinski definition) is 6. The van der Waals surface area contributed by atoms with Crippen LogP contribution in [0.15, 0.2) is 116 Å². The average Bonchev–Trinajstić information content (AvgIpc) is 3.50. The van der Waals surface area contributed by atoms with Gasteiger partial charge in [-0.05, 0) is 63.9 Å². The summed E-state index contributed by atoms with van der Waals surface area (Å²) >= 11 is 0. The normalized spacial score (nSPS) is 16.7. The number of nitrogens with two attached hydrogens (primary N) is 1. The van der Waals surface area contributed by atoms with Crippen molar-refractivity contribution in [2.24, 2.45) is 0 Å². The molecular weight excluding hydrogens is 592 g/mol. The van der Waals surface area contributed by atoms with Crippen LogP contribution in [0, 0.1) is 5.82 Å². The molecule has 6 aromatic rings. The molecule has 1 aliphatic carbocycles. The van der Waals surface area contributed by atoms with Gasteiger partial charge in [0, 0.05) is 6.07 Å². The van der Waals surface area contributed by atoms with Gasteiger partial charge in [-0.3, -0.25) is 4.57 Å². The molecule has 0 saturated heterocycles. The Morgan fingerprint density at radius 2 is 1.54 bits per heavy atom. The van der Waals surface area contributed by atoms with Crippen LogP contribution in [-0.2, 0) is 0 Å². The Balaban J connectivity index is 1.19. The molecule has 0 saturated carbocycles. The minimum atomic E-state index is -3.16. The maximum atomic E-state index is 14.0. The van der Waals surface area contributed by atoms with Gasteiger partial charge in [0.05, 0.1) is 29.0 Å². The van der Waals surface area contributed by atoms with E-state index in [-0.39, 0.29) is 22.8 Å². The van der Waals surface area contributed by atoms with E-state index in [2.05, 4.69) is 77.7 Å². The van der Waals surface area contributed by atoms with Crippen molar-refractivity contribution in [3.05, 3.63) is 133 Å². The smallest absolute Gasteiger partial charge is 0.258 e. The van der Waals surface area contributed by atoms with Gasteiger partial charge in [-0.1, -0.05) is 98.8 Å². The third-order valence-corrected chi connectivity index (χ3v) is 14.1. The molecule has 7 rings (SSSR count). The lowest BCUT2D eigenvalue weighted by Crippen LogP contribution is -2.65. The number of aromatic nitrogens is 4. The van der Waals surface area contributed by atoms with Crippen LogP contribution in [0.5, 0.6) is 0 Å². The second-order valence-corrected chi connectivity index (χ2v) is 16.8. The summed E-state index contributed by atoms with van der Waals surface area (Å²) in [6.45, 7) is 4.47. The molecule has 4 aromatic carbocycles. The van der Waals surface area contributed by atoms with E-state index in [1.165, 1.54) is 23.3 Å². The Morgan fingerprint density at radius 1 is 0.891 bits per heavy atom. The highest BCUT2D eigenvalue weighted by Crippen LogP contribution is 2.49. The van der Waals surface area contributed by atoms with Crippen LogP contribution in [0.1, 0.15) is 56.2 Å². The predicted octanol–water partition coefficient (Wildman–Crippen LogP) is 6.49. The molecule has 2 heterocycles. The Kier molecular flexibility index (Phi) is 7.66. The number of hydrogen-bond donors (Lipinski definition) is 3. The quantitative estimate of drug-likeness (QED) is 0.167. The zero-order chi connectivity index (χ0) is 31.9. The van der Waals surface area contributed by atoms with E-state index in [0.717, 1.165) is 29.6 Å². The molecule has 0 bridgehead atoms. The van der Waals surface area contributed by atoms with Crippen molar-refractivity contribution in [3.63, 3.8) is 0 Å². The van der Waals surface area contributed by atoms with Gasteiger partial charge in [-0.15, -0.1) is 0 Å². The topological polar surface area (TPSA) is 102 Å². The highest BCUT2D eigenvalue weighted by atomic mass is 28.4. The number of benzene rings is 4. The van der Waals surface area contributed by atoms with E-state index in [1.54, 1.807) is 23.2 Å². The number of fused-ring (bicyclic) bond motifs is 2. The van der Waals surface area contributed by atoms with Crippen molar-refractivity contribution in [3.8, 4) is 5.95 Å². The molecule has 232 valence electrons. The summed E-state index contributed by atoms with van der Waals surface area (Å²) in [5.74, 6) is 0.797. The number of nitrogen functional groups attached to an aromatic ring is 1. The second-order valence-electron chi connectivity index (χ2n) is 12.9. The van der Waals surface area contributed by atoms with Gasteiger partial charge in [-0.2, -0.15) is 4.98 Å². The lowest BCUT2D eigenvalue weighted by molar-refractivity contribution is 0.399. The maximum Gasteiger partial charge on any atom is 0.258 e. The number of imidazole rings is 1. The minimum absolute atomic E-state index is 0.0167. The first-order valence-corrected chi connectivity index (χ1v) is 17.6. The summed E-state index contributed by atoms with van der Waals surface area (Å²) < 4.78 is 15.7. The van der Waals surface area contributed by atoms with E-state index >= 15 is 0 Å². The highest BCUT2D eigenvalue weighted by molar-refractivity contribution is 6.98. The van der Waals surface area contributed by atoms with Gasteiger partial charge in [-0.25, -0.2) is 14.4 Å². The van der Waals surface area contributed by atoms with E-state index in [0.29, 0.717) is 28.5 Å². The molecule has 1 aliphatic rings. The summed E-state index contributed by atoms with van der Waals surface area (Å²) in [4.78, 5) is 26.4.